The minimum Gasteiger partial charge on any atom is -0.258 e. The molecule has 0 spiro atoms. The van der Waals surface area contributed by atoms with Crippen molar-refractivity contribution in [3.05, 3.63) is 76.1 Å². The molecule has 0 saturated heterocycles. The quantitative estimate of drug-likeness (QED) is 0.540. The fourth-order valence-electron chi connectivity index (χ4n) is 2.00. The van der Waals surface area contributed by atoms with Gasteiger partial charge in [-0.3, -0.25) is 10.1 Å². The molecule has 7 nitrogen and oxygen atoms in total. The van der Waals surface area contributed by atoms with Gasteiger partial charge in [0.1, 0.15) is 0 Å². The standard InChI is InChI=1S/C14H11N5O2/c20-19(21)13-8-6-11(7-9-13)10-14-15-16-17-18(14)12-4-2-1-3-5-12/h1-9H,10H2. The average Bonchev–Trinajstić information content (AvgIpc) is 2.97. The van der Waals surface area contributed by atoms with Gasteiger partial charge in [-0.25, -0.2) is 0 Å². The van der Waals surface area contributed by atoms with Crippen LogP contribution >= 0.6 is 0 Å². The first-order chi connectivity index (χ1) is 10.2. The molecule has 0 aliphatic rings. The Morgan fingerprint density at radius 2 is 1.76 bits per heavy atom. The molecule has 0 radical (unpaired) electrons. The maximum Gasteiger partial charge on any atom is 0.269 e. The van der Waals surface area contributed by atoms with Crippen molar-refractivity contribution in [1.29, 1.82) is 0 Å². The molecular weight excluding hydrogens is 270 g/mol. The number of aromatic nitrogens is 4. The zero-order chi connectivity index (χ0) is 14.7. The lowest BCUT2D eigenvalue weighted by atomic mass is 10.1. The zero-order valence-corrected chi connectivity index (χ0v) is 11.0. The molecule has 0 unspecified atom stereocenters. The third-order valence-corrected chi connectivity index (χ3v) is 3.04. The lowest BCUT2D eigenvalue weighted by Crippen LogP contribution is -2.04. The van der Waals surface area contributed by atoms with E-state index in [1.165, 1.54) is 12.1 Å². The van der Waals surface area contributed by atoms with E-state index in [9.17, 15) is 10.1 Å². The predicted octanol–water partition coefficient (Wildman–Crippen LogP) is 2.16. The maximum absolute atomic E-state index is 10.6. The summed E-state index contributed by atoms with van der Waals surface area (Å²) in [4.78, 5) is 10.2. The molecule has 1 aromatic heterocycles. The van der Waals surface area contributed by atoms with Gasteiger partial charge in [0.05, 0.1) is 10.6 Å². The van der Waals surface area contributed by atoms with E-state index in [4.69, 9.17) is 0 Å². The Morgan fingerprint density at radius 3 is 2.43 bits per heavy atom. The summed E-state index contributed by atoms with van der Waals surface area (Å²) in [6.45, 7) is 0. The molecule has 0 amide bonds. The van der Waals surface area contributed by atoms with E-state index in [0.717, 1.165) is 11.3 Å². The van der Waals surface area contributed by atoms with Crippen LogP contribution in [0.4, 0.5) is 5.69 Å². The minimum absolute atomic E-state index is 0.0707. The molecule has 0 N–H and O–H groups in total. The Bertz CT molecular complexity index is 753. The van der Waals surface area contributed by atoms with E-state index in [1.807, 2.05) is 30.3 Å². The van der Waals surface area contributed by atoms with Gasteiger partial charge in [-0.05, 0) is 28.1 Å². The molecule has 104 valence electrons. The van der Waals surface area contributed by atoms with Crippen LogP contribution in [0, 0.1) is 10.1 Å². The molecule has 0 aliphatic carbocycles. The fourth-order valence-corrected chi connectivity index (χ4v) is 2.00. The molecule has 3 rings (SSSR count). The van der Waals surface area contributed by atoms with Crippen molar-refractivity contribution < 1.29 is 4.92 Å². The number of hydrogen-bond acceptors (Lipinski definition) is 5. The molecule has 21 heavy (non-hydrogen) atoms. The number of tetrazole rings is 1. The highest BCUT2D eigenvalue weighted by atomic mass is 16.6. The Labute approximate surface area is 120 Å². The van der Waals surface area contributed by atoms with Crippen molar-refractivity contribution in [2.75, 3.05) is 0 Å². The topological polar surface area (TPSA) is 86.7 Å². The van der Waals surface area contributed by atoms with Gasteiger partial charge in [0.15, 0.2) is 5.82 Å². The first-order valence-electron chi connectivity index (χ1n) is 6.30. The Kier molecular flexibility index (Phi) is 3.38. The van der Waals surface area contributed by atoms with Crippen LogP contribution in [0.3, 0.4) is 0 Å². The molecule has 0 aliphatic heterocycles. The van der Waals surface area contributed by atoms with Gasteiger partial charge < -0.3 is 0 Å². The van der Waals surface area contributed by atoms with Crippen molar-refractivity contribution in [2.24, 2.45) is 0 Å². The van der Waals surface area contributed by atoms with Gasteiger partial charge in [-0.15, -0.1) is 5.10 Å². The van der Waals surface area contributed by atoms with Gasteiger partial charge in [0.25, 0.3) is 5.69 Å². The highest BCUT2D eigenvalue weighted by Gasteiger charge is 2.10. The SMILES string of the molecule is O=[N+]([O-])c1ccc(Cc2nnnn2-c2ccccc2)cc1. The highest BCUT2D eigenvalue weighted by Crippen LogP contribution is 2.15. The van der Waals surface area contributed by atoms with Crippen LogP contribution in [0.1, 0.15) is 11.4 Å². The van der Waals surface area contributed by atoms with Crippen molar-refractivity contribution in [3.8, 4) is 5.69 Å². The van der Waals surface area contributed by atoms with Crippen LogP contribution in [0.25, 0.3) is 5.69 Å². The fraction of sp³-hybridized carbons (Fsp3) is 0.0714. The highest BCUT2D eigenvalue weighted by molar-refractivity contribution is 5.35. The number of nitro benzene ring substituents is 1. The van der Waals surface area contributed by atoms with Crippen LogP contribution in [-0.2, 0) is 6.42 Å². The van der Waals surface area contributed by atoms with Crippen molar-refractivity contribution in [3.63, 3.8) is 0 Å². The molecule has 0 saturated carbocycles. The third-order valence-electron chi connectivity index (χ3n) is 3.04. The van der Waals surface area contributed by atoms with E-state index in [-0.39, 0.29) is 5.69 Å². The molecule has 3 aromatic rings. The lowest BCUT2D eigenvalue weighted by Gasteiger charge is -2.04. The Hall–Kier alpha value is -3.09. The summed E-state index contributed by atoms with van der Waals surface area (Å²) >= 11 is 0. The second-order valence-corrected chi connectivity index (χ2v) is 4.44. The summed E-state index contributed by atoms with van der Waals surface area (Å²) in [6.07, 6.45) is 0.500. The summed E-state index contributed by atoms with van der Waals surface area (Å²) in [5, 5.41) is 22.3. The maximum atomic E-state index is 10.6. The largest absolute Gasteiger partial charge is 0.269 e. The summed E-state index contributed by atoms with van der Waals surface area (Å²) in [5.41, 5.74) is 1.85. The summed E-state index contributed by atoms with van der Waals surface area (Å²) in [5.74, 6) is 0.676. The van der Waals surface area contributed by atoms with Gasteiger partial charge in [-0.1, -0.05) is 30.3 Å². The van der Waals surface area contributed by atoms with E-state index >= 15 is 0 Å². The van der Waals surface area contributed by atoms with Crippen LogP contribution in [0.15, 0.2) is 54.6 Å². The second-order valence-electron chi connectivity index (χ2n) is 4.44. The van der Waals surface area contributed by atoms with Gasteiger partial charge >= 0.3 is 0 Å². The Morgan fingerprint density at radius 1 is 1.05 bits per heavy atom. The minimum atomic E-state index is -0.419. The van der Waals surface area contributed by atoms with Crippen LogP contribution in [0.5, 0.6) is 0 Å². The normalized spacial score (nSPS) is 10.5. The molecule has 0 atom stereocenters. The average molecular weight is 281 g/mol. The first kappa shape index (κ1) is 12.9. The number of non-ortho nitro benzene ring substituents is 1. The van der Waals surface area contributed by atoms with Crippen molar-refractivity contribution in [2.45, 2.75) is 6.42 Å². The van der Waals surface area contributed by atoms with E-state index < -0.39 is 4.92 Å². The van der Waals surface area contributed by atoms with E-state index in [1.54, 1.807) is 16.8 Å². The lowest BCUT2D eigenvalue weighted by molar-refractivity contribution is -0.384. The van der Waals surface area contributed by atoms with Crippen LogP contribution in [0.2, 0.25) is 0 Å². The molecule has 7 heteroatoms. The Balaban J connectivity index is 1.86. The van der Waals surface area contributed by atoms with Crippen molar-refractivity contribution >= 4 is 5.69 Å². The van der Waals surface area contributed by atoms with Gasteiger partial charge in [0, 0.05) is 18.6 Å². The predicted molar refractivity (Wildman–Crippen MR) is 75.1 cm³/mol. The molecule has 2 aromatic carbocycles. The van der Waals surface area contributed by atoms with Crippen LogP contribution in [-0.4, -0.2) is 25.1 Å². The summed E-state index contributed by atoms with van der Waals surface area (Å²) in [6, 6.07) is 15.9. The van der Waals surface area contributed by atoms with Gasteiger partial charge in [-0.2, -0.15) is 4.68 Å². The molecular formula is C14H11N5O2. The number of benzene rings is 2. The smallest absolute Gasteiger partial charge is 0.258 e. The summed E-state index contributed by atoms with van der Waals surface area (Å²) < 4.78 is 1.65. The number of rotatable bonds is 4. The van der Waals surface area contributed by atoms with Gasteiger partial charge in [0.2, 0.25) is 0 Å². The van der Waals surface area contributed by atoms with E-state index in [0.29, 0.717) is 12.2 Å². The number of para-hydroxylation sites is 1. The number of hydrogen-bond donors (Lipinski definition) is 0. The van der Waals surface area contributed by atoms with Crippen LogP contribution < -0.4 is 0 Å². The second kappa shape index (κ2) is 5.49. The summed E-state index contributed by atoms with van der Waals surface area (Å²) in [7, 11) is 0. The number of nitro groups is 1. The molecule has 0 bridgehead atoms. The van der Waals surface area contributed by atoms with E-state index in [2.05, 4.69) is 15.5 Å². The molecule has 0 fully saturated rings. The molecule has 1 heterocycles. The van der Waals surface area contributed by atoms with Crippen molar-refractivity contribution in [1.82, 2.24) is 20.2 Å². The zero-order valence-electron chi connectivity index (χ0n) is 11.0. The monoisotopic (exact) mass is 281 g/mol. The first-order valence-corrected chi connectivity index (χ1v) is 6.30. The third kappa shape index (κ3) is 2.76. The number of nitrogens with zero attached hydrogens (tertiary/aromatic N) is 5.